The van der Waals surface area contributed by atoms with E-state index in [0.717, 1.165) is 36.8 Å². The molecule has 1 aliphatic rings. The van der Waals surface area contributed by atoms with Crippen LogP contribution in [0.1, 0.15) is 69.1 Å². The van der Waals surface area contributed by atoms with Gasteiger partial charge in [0.1, 0.15) is 6.04 Å². The normalized spacial score (nSPS) is 14.1. The summed E-state index contributed by atoms with van der Waals surface area (Å²) < 4.78 is 11.5. The van der Waals surface area contributed by atoms with Gasteiger partial charge in [0.2, 0.25) is 11.8 Å². The molecule has 0 aliphatic heterocycles. The lowest BCUT2D eigenvalue weighted by Crippen LogP contribution is -2.53. The van der Waals surface area contributed by atoms with E-state index in [1.54, 1.807) is 23.1 Å². The zero-order valence-electron chi connectivity index (χ0n) is 25.1. The molecule has 3 aromatic rings. The molecule has 1 atom stereocenters. The molecule has 8 heteroatoms. The van der Waals surface area contributed by atoms with E-state index in [1.807, 2.05) is 62.4 Å². The van der Waals surface area contributed by atoms with Gasteiger partial charge in [0.05, 0.1) is 13.2 Å². The summed E-state index contributed by atoms with van der Waals surface area (Å²) in [6, 6.07) is 20.2. The van der Waals surface area contributed by atoms with E-state index >= 15 is 0 Å². The molecule has 43 heavy (non-hydrogen) atoms. The predicted octanol–water partition coefficient (Wildman–Crippen LogP) is 7.81. The molecule has 3 aromatic carbocycles. The van der Waals surface area contributed by atoms with Crippen molar-refractivity contribution in [2.45, 2.75) is 83.8 Å². The van der Waals surface area contributed by atoms with Crippen LogP contribution in [0.15, 0.2) is 66.7 Å². The smallest absolute Gasteiger partial charge is 0.243 e. The molecule has 1 fully saturated rings. The molecular formula is C35H42Cl2N2O4. The Kier molecular flexibility index (Phi) is 12.6. The van der Waals surface area contributed by atoms with Gasteiger partial charge >= 0.3 is 0 Å². The zero-order chi connectivity index (χ0) is 30.6. The molecule has 0 spiro atoms. The second kappa shape index (κ2) is 16.6. The van der Waals surface area contributed by atoms with Crippen LogP contribution < -0.4 is 14.8 Å². The van der Waals surface area contributed by atoms with E-state index in [4.69, 9.17) is 32.7 Å². The Morgan fingerprint density at radius 1 is 0.860 bits per heavy atom. The molecule has 0 bridgehead atoms. The third kappa shape index (κ3) is 9.38. The van der Waals surface area contributed by atoms with Gasteiger partial charge in [-0.1, -0.05) is 84.9 Å². The first-order valence-corrected chi connectivity index (χ1v) is 16.1. The van der Waals surface area contributed by atoms with Crippen molar-refractivity contribution >= 4 is 35.0 Å². The highest BCUT2D eigenvalue weighted by Crippen LogP contribution is 2.30. The van der Waals surface area contributed by atoms with Gasteiger partial charge in [-0.2, -0.15) is 0 Å². The molecule has 230 valence electrons. The Labute approximate surface area is 265 Å². The Morgan fingerprint density at radius 3 is 2.21 bits per heavy atom. The minimum absolute atomic E-state index is 0.112. The number of benzene rings is 3. The highest BCUT2D eigenvalue weighted by atomic mass is 35.5. The predicted molar refractivity (Wildman–Crippen MR) is 173 cm³/mol. The second-order valence-corrected chi connectivity index (χ2v) is 11.7. The quantitative estimate of drug-likeness (QED) is 0.199. The van der Waals surface area contributed by atoms with Gasteiger partial charge in [-0.3, -0.25) is 9.59 Å². The maximum atomic E-state index is 14.2. The standard InChI is InChI=1S/C35H42Cl2N2O4/c1-3-42-32-20-18-26(23-33(32)43-4-2)19-21-34(40)39(24-28-29(36)16-11-17-30(28)37)31(22-25-12-7-5-8-13-25)35(41)38-27-14-9-6-10-15-27/h5,7-8,11-13,16-18,20,23,27,31H,3-4,6,9-10,14-15,19,21-22,24H2,1-2H3,(H,38,41). The van der Waals surface area contributed by atoms with Crippen molar-refractivity contribution in [3.05, 3.63) is 93.5 Å². The van der Waals surface area contributed by atoms with Gasteiger partial charge in [-0.05, 0) is 68.5 Å². The first kappa shape index (κ1) is 32.7. The first-order chi connectivity index (χ1) is 20.9. The van der Waals surface area contributed by atoms with Crippen LogP contribution in [0.5, 0.6) is 11.5 Å². The number of carbonyl (C=O) groups is 2. The minimum Gasteiger partial charge on any atom is -0.490 e. The lowest BCUT2D eigenvalue weighted by Gasteiger charge is -2.34. The van der Waals surface area contributed by atoms with Crippen LogP contribution in [0.3, 0.4) is 0 Å². The minimum atomic E-state index is -0.733. The van der Waals surface area contributed by atoms with Crippen LogP contribution in [0, 0.1) is 0 Å². The van der Waals surface area contributed by atoms with Crippen molar-refractivity contribution in [1.82, 2.24) is 10.2 Å². The Morgan fingerprint density at radius 2 is 1.53 bits per heavy atom. The van der Waals surface area contributed by atoms with Crippen LogP contribution in [-0.4, -0.2) is 42.0 Å². The zero-order valence-corrected chi connectivity index (χ0v) is 26.6. The first-order valence-electron chi connectivity index (χ1n) is 15.3. The van der Waals surface area contributed by atoms with Crippen LogP contribution in [0.2, 0.25) is 10.0 Å². The summed E-state index contributed by atoms with van der Waals surface area (Å²) in [6.07, 6.45) is 6.33. The van der Waals surface area contributed by atoms with Crippen LogP contribution in [-0.2, 0) is 29.0 Å². The molecule has 0 radical (unpaired) electrons. The van der Waals surface area contributed by atoms with Crippen LogP contribution in [0.25, 0.3) is 0 Å². The van der Waals surface area contributed by atoms with Crippen molar-refractivity contribution in [2.24, 2.45) is 0 Å². The van der Waals surface area contributed by atoms with Gasteiger partial charge in [0.15, 0.2) is 11.5 Å². The van der Waals surface area contributed by atoms with E-state index in [-0.39, 0.29) is 30.8 Å². The number of nitrogens with zero attached hydrogens (tertiary/aromatic N) is 1. The van der Waals surface area contributed by atoms with Gasteiger partial charge < -0.3 is 19.7 Å². The molecule has 2 amide bonds. The molecule has 1 aliphatic carbocycles. The lowest BCUT2D eigenvalue weighted by atomic mass is 9.94. The van der Waals surface area contributed by atoms with Crippen LogP contribution in [0.4, 0.5) is 0 Å². The average Bonchev–Trinajstić information content (AvgIpc) is 3.01. The van der Waals surface area contributed by atoms with E-state index in [2.05, 4.69) is 5.32 Å². The maximum Gasteiger partial charge on any atom is 0.243 e. The highest BCUT2D eigenvalue weighted by molar-refractivity contribution is 6.36. The molecule has 1 unspecified atom stereocenters. The van der Waals surface area contributed by atoms with Crippen molar-refractivity contribution in [2.75, 3.05) is 13.2 Å². The summed E-state index contributed by atoms with van der Waals surface area (Å²) in [5, 5.41) is 4.20. The molecule has 0 heterocycles. The van der Waals surface area contributed by atoms with E-state index in [1.165, 1.54) is 6.42 Å². The highest BCUT2D eigenvalue weighted by Gasteiger charge is 2.32. The van der Waals surface area contributed by atoms with E-state index in [0.29, 0.717) is 53.2 Å². The van der Waals surface area contributed by atoms with Gasteiger partial charge in [-0.15, -0.1) is 0 Å². The van der Waals surface area contributed by atoms with Gasteiger partial charge in [-0.25, -0.2) is 0 Å². The molecule has 4 rings (SSSR count). The summed E-state index contributed by atoms with van der Waals surface area (Å²) in [6.45, 7) is 5.02. The third-order valence-electron chi connectivity index (χ3n) is 7.85. The van der Waals surface area contributed by atoms with Crippen molar-refractivity contribution in [3.8, 4) is 11.5 Å². The fourth-order valence-corrected chi connectivity index (χ4v) is 6.11. The fourth-order valence-electron chi connectivity index (χ4n) is 5.60. The number of rotatable bonds is 14. The number of carbonyl (C=O) groups excluding carboxylic acids is 2. The van der Waals surface area contributed by atoms with Crippen molar-refractivity contribution < 1.29 is 19.1 Å². The summed E-state index contributed by atoms with van der Waals surface area (Å²) in [5.74, 6) is 1.04. The van der Waals surface area contributed by atoms with Crippen LogP contribution >= 0.6 is 23.2 Å². The summed E-state index contributed by atoms with van der Waals surface area (Å²) in [4.78, 5) is 29.8. The molecule has 1 N–H and O–H groups in total. The largest absolute Gasteiger partial charge is 0.490 e. The summed E-state index contributed by atoms with van der Waals surface area (Å²) in [7, 11) is 0. The topological polar surface area (TPSA) is 67.9 Å². The molecule has 6 nitrogen and oxygen atoms in total. The van der Waals surface area contributed by atoms with Crippen molar-refractivity contribution in [3.63, 3.8) is 0 Å². The number of ether oxygens (including phenoxy) is 2. The summed E-state index contributed by atoms with van der Waals surface area (Å²) in [5.41, 5.74) is 2.55. The number of nitrogens with one attached hydrogen (secondary N) is 1. The van der Waals surface area contributed by atoms with E-state index < -0.39 is 6.04 Å². The SMILES string of the molecule is CCOc1ccc(CCC(=O)N(Cc2c(Cl)cccc2Cl)C(Cc2ccccc2)C(=O)NC2CCCCC2)cc1OCC. The fraction of sp³-hybridized carbons (Fsp3) is 0.429. The van der Waals surface area contributed by atoms with Gasteiger partial charge in [0, 0.05) is 41.0 Å². The molecule has 0 saturated heterocycles. The Balaban J connectivity index is 1.64. The number of halogens is 2. The Hall–Kier alpha value is -3.22. The number of amides is 2. The number of hydrogen-bond donors (Lipinski definition) is 1. The van der Waals surface area contributed by atoms with Crippen molar-refractivity contribution in [1.29, 1.82) is 0 Å². The van der Waals surface area contributed by atoms with E-state index in [9.17, 15) is 9.59 Å². The molecule has 0 aromatic heterocycles. The van der Waals surface area contributed by atoms with Gasteiger partial charge in [0.25, 0.3) is 0 Å². The average molecular weight is 626 g/mol. The summed E-state index contributed by atoms with van der Waals surface area (Å²) >= 11 is 13.2. The number of aryl methyl sites for hydroxylation is 1. The molecular weight excluding hydrogens is 583 g/mol. The lowest BCUT2D eigenvalue weighted by molar-refractivity contribution is -0.141. The number of hydrogen-bond acceptors (Lipinski definition) is 4. The Bertz CT molecular complexity index is 1320. The monoisotopic (exact) mass is 624 g/mol. The molecule has 1 saturated carbocycles. The maximum absolute atomic E-state index is 14.2. The third-order valence-corrected chi connectivity index (χ3v) is 8.56. The second-order valence-electron chi connectivity index (χ2n) is 10.9.